The lowest BCUT2D eigenvalue weighted by Gasteiger charge is -2.32. The number of benzene rings is 2. The van der Waals surface area contributed by atoms with E-state index in [9.17, 15) is 9.59 Å². The highest BCUT2D eigenvalue weighted by Gasteiger charge is 2.39. The van der Waals surface area contributed by atoms with Crippen LogP contribution in [0.4, 0.5) is 4.79 Å². The Hall–Kier alpha value is -2.80. The van der Waals surface area contributed by atoms with Crippen molar-refractivity contribution >= 4 is 38.7 Å². The van der Waals surface area contributed by atoms with Crippen molar-refractivity contribution in [2.45, 2.75) is 38.5 Å². The van der Waals surface area contributed by atoms with Crippen LogP contribution in [0.2, 0.25) is 0 Å². The molecule has 1 saturated heterocycles. The monoisotopic (exact) mass is 510 g/mol. The molecule has 0 saturated carbocycles. The zero-order chi connectivity index (χ0) is 23.3. The number of hydrogen-bond donors (Lipinski definition) is 2. The van der Waals surface area contributed by atoms with Crippen molar-refractivity contribution in [1.29, 1.82) is 0 Å². The maximum absolute atomic E-state index is 13.4. The van der Waals surface area contributed by atoms with E-state index in [1.54, 1.807) is 0 Å². The van der Waals surface area contributed by atoms with Crippen LogP contribution in [-0.4, -0.2) is 46.6 Å². The van der Waals surface area contributed by atoms with Gasteiger partial charge in [0.15, 0.2) is 5.78 Å². The minimum Gasteiger partial charge on any atom is -0.494 e. The number of carbonyl (C=O) groups is 2. The molecule has 6 nitrogen and oxygen atoms in total. The molecule has 3 aromatic rings. The van der Waals surface area contributed by atoms with E-state index in [1.165, 1.54) is 4.90 Å². The molecule has 0 radical (unpaired) electrons. The standard InChI is InChI=1S/C26H27BrN2O4/c1-26(2)20-14-17(33-12-9-15-7-10-29(11-8-15)25(31)32)4-6-18(20)23(30)22-19-5-3-16(27)13-21(19)28-24(22)26/h3-6,13-15,28H,7-12H2,1-2H3,(H,31,32). The predicted molar refractivity (Wildman–Crippen MR) is 130 cm³/mol. The second-order valence-electron chi connectivity index (χ2n) is 9.58. The number of aromatic nitrogens is 1. The van der Waals surface area contributed by atoms with Crippen LogP contribution < -0.4 is 4.74 Å². The summed E-state index contributed by atoms with van der Waals surface area (Å²) in [7, 11) is 0. The fraction of sp³-hybridized carbons (Fsp3) is 0.385. The van der Waals surface area contributed by atoms with E-state index in [0.29, 0.717) is 25.6 Å². The Morgan fingerprint density at radius 3 is 2.70 bits per heavy atom. The van der Waals surface area contributed by atoms with E-state index in [4.69, 9.17) is 9.84 Å². The fourth-order valence-corrected chi connectivity index (χ4v) is 5.59. The summed E-state index contributed by atoms with van der Waals surface area (Å²) in [6.45, 7) is 6.05. The molecule has 33 heavy (non-hydrogen) atoms. The van der Waals surface area contributed by atoms with Crippen LogP contribution in [0, 0.1) is 5.92 Å². The number of ether oxygens (including phenoxy) is 1. The third-order valence-electron chi connectivity index (χ3n) is 7.20. The van der Waals surface area contributed by atoms with Gasteiger partial charge in [0.25, 0.3) is 0 Å². The predicted octanol–water partition coefficient (Wildman–Crippen LogP) is 5.96. The summed E-state index contributed by atoms with van der Waals surface area (Å²) in [5, 5.41) is 10.0. The zero-order valence-electron chi connectivity index (χ0n) is 18.8. The molecule has 0 unspecified atom stereocenters. The summed E-state index contributed by atoms with van der Waals surface area (Å²) in [6.07, 6.45) is 1.82. The number of piperidine rings is 1. The summed E-state index contributed by atoms with van der Waals surface area (Å²) in [4.78, 5) is 29.5. The lowest BCUT2D eigenvalue weighted by molar-refractivity contribution is 0.103. The Kier molecular flexibility index (Phi) is 5.47. The van der Waals surface area contributed by atoms with E-state index in [1.807, 2.05) is 36.4 Å². The quantitative estimate of drug-likeness (QED) is 0.453. The number of carbonyl (C=O) groups excluding carboxylic acids is 1. The third kappa shape index (κ3) is 3.82. The van der Waals surface area contributed by atoms with Crippen molar-refractivity contribution in [3.8, 4) is 5.75 Å². The smallest absolute Gasteiger partial charge is 0.407 e. The van der Waals surface area contributed by atoms with Gasteiger partial charge in [-0.1, -0.05) is 35.8 Å². The number of H-pyrrole nitrogens is 1. The number of likely N-dealkylation sites (tertiary alicyclic amines) is 1. The van der Waals surface area contributed by atoms with Gasteiger partial charge in [-0.25, -0.2) is 4.79 Å². The van der Waals surface area contributed by atoms with Crippen LogP contribution in [-0.2, 0) is 5.41 Å². The van der Waals surface area contributed by atoms with Gasteiger partial charge in [-0.05, 0) is 61.1 Å². The molecule has 0 atom stereocenters. The van der Waals surface area contributed by atoms with Gasteiger partial charge in [0.1, 0.15) is 5.75 Å². The Labute approximate surface area is 201 Å². The zero-order valence-corrected chi connectivity index (χ0v) is 20.4. The number of hydrogen-bond acceptors (Lipinski definition) is 3. The minimum atomic E-state index is -0.832. The number of ketones is 1. The summed E-state index contributed by atoms with van der Waals surface area (Å²) in [6, 6.07) is 11.7. The van der Waals surface area contributed by atoms with Gasteiger partial charge in [0, 0.05) is 45.1 Å². The molecule has 0 spiro atoms. The van der Waals surface area contributed by atoms with Crippen LogP contribution >= 0.6 is 15.9 Å². The average molecular weight is 511 g/mol. The minimum absolute atomic E-state index is 0.0460. The summed E-state index contributed by atoms with van der Waals surface area (Å²) in [5.41, 5.74) is 3.98. The first kappa shape index (κ1) is 22.0. The highest BCUT2D eigenvalue weighted by atomic mass is 79.9. The molecule has 2 aromatic carbocycles. The number of rotatable bonds is 4. The molecule has 2 N–H and O–H groups in total. The third-order valence-corrected chi connectivity index (χ3v) is 7.69. The van der Waals surface area contributed by atoms with Gasteiger partial charge in [-0.2, -0.15) is 0 Å². The number of halogens is 1. The second-order valence-corrected chi connectivity index (χ2v) is 10.5. The molecule has 0 bridgehead atoms. The number of carboxylic acid groups (broad SMARTS) is 1. The average Bonchev–Trinajstić information content (AvgIpc) is 3.18. The lowest BCUT2D eigenvalue weighted by atomic mass is 9.71. The van der Waals surface area contributed by atoms with E-state index < -0.39 is 6.09 Å². The molecular weight excluding hydrogens is 484 g/mol. The van der Waals surface area contributed by atoms with Gasteiger partial charge in [-0.15, -0.1) is 0 Å². The van der Waals surface area contributed by atoms with Crippen molar-refractivity contribution in [2.24, 2.45) is 5.92 Å². The molecule has 1 aromatic heterocycles. The lowest BCUT2D eigenvalue weighted by Crippen LogP contribution is -2.37. The van der Waals surface area contributed by atoms with Crippen LogP contribution in [0.3, 0.4) is 0 Å². The number of aromatic amines is 1. The summed E-state index contributed by atoms with van der Waals surface area (Å²) < 4.78 is 7.06. The maximum atomic E-state index is 13.4. The Morgan fingerprint density at radius 1 is 1.21 bits per heavy atom. The number of nitrogens with zero attached hydrogens (tertiary/aromatic N) is 1. The molecule has 1 amide bonds. The van der Waals surface area contributed by atoms with Gasteiger partial charge >= 0.3 is 6.09 Å². The van der Waals surface area contributed by atoms with Crippen molar-refractivity contribution < 1.29 is 19.4 Å². The Balaban J connectivity index is 1.34. The van der Waals surface area contributed by atoms with Crippen molar-refractivity contribution in [1.82, 2.24) is 9.88 Å². The topological polar surface area (TPSA) is 82.6 Å². The van der Waals surface area contributed by atoms with Gasteiger partial charge in [0.05, 0.1) is 12.2 Å². The van der Waals surface area contributed by atoms with Crippen LogP contribution in [0.1, 0.15) is 60.3 Å². The highest BCUT2D eigenvalue weighted by Crippen LogP contribution is 2.45. The van der Waals surface area contributed by atoms with Crippen LogP contribution in [0.5, 0.6) is 5.75 Å². The van der Waals surface area contributed by atoms with Gasteiger partial charge in [-0.3, -0.25) is 4.79 Å². The highest BCUT2D eigenvalue weighted by molar-refractivity contribution is 9.10. The molecule has 1 fully saturated rings. The molecule has 1 aliphatic heterocycles. The molecule has 7 heteroatoms. The van der Waals surface area contributed by atoms with E-state index in [0.717, 1.165) is 62.8 Å². The van der Waals surface area contributed by atoms with Gasteiger partial charge in [0.2, 0.25) is 0 Å². The Morgan fingerprint density at radius 2 is 1.97 bits per heavy atom. The molecule has 172 valence electrons. The second kappa shape index (κ2) is 8.20. The number of fused-ring (bicyclic) bond motifs is 4. The van der Waals surface area contributed by atoms with Crippen LogP contribution in [0.15, 0.2) is 40.9 Å². The molecule has 1 aliphatic carbocycles. The molecule has 5 rings (SSSR count). The van der Waals surface area contributed by atoms with Crippen LogP contribution in [0.25, 0.3) is 10.9 Å². The maximum Gasteiger partial charge on any atom is 0.407 e. The van der Waals surface area contributed by atoms with E-state index in [2.05, 4.69) is 34.8 Å². The first-order valence-corrected chi connectivity index (χ1v) is 12.2. The van der Waals surface area contributed by atoms with Crippen molar-refractivity contribution in [2.75, 3.05) is 19.7 Å². The first-order valence-electron chi connectivity index (χ1n) is 11.4. The van der Waals surface area contributed by atoms with Crippen molar-refractivity contribution in [3.63, 3.8) is 0 Å². The largest absolute Gasteiger partial charge is 0.494 e. The SMILES string of the molecule is CC1(C)c2cc(OCCC3CCN(C(=O)O)CC3)ccc2C(=O)c2c1[nH]c1cc(Br)ccc21. The van der Waals surface area contributed by atoms with E-state index in [-0.39, 0.29) is 11.2 Å². The van der Waals surface area contributed by atoms with Crippen molar-refractivity contribution in [3.05, 3.63) is 63.3 Å². The normalized spacial score (nSPS) is 17.7. The summed E-state index contributed by atoms with van der Waals surface area (Å²) in [5.74, 6) is 1.29. The summed E-state index contributed by atoms with van der Waals surface area (Å²) >= 11 is 3.52. The fourth-order valence-electron chi connectivity index (χ4n) is 5.23. The van der Waals surface area contributed by atoms with Gasteiger partial charge < -0.3 is 19.7 Å². The molecule has 2 aliphatic rings. The number of amides is 1. The number of nitrogens with one attached hydrogen (secondary N) is 1. The molecule has 2 heterocycles. The van der Waals surface area contributed by atoms with E-state index >= 15 is 0 Å². The molecular formula is C26H27BrN2O4. The Bertz CT molecular complexity index is 1250. The first-order chi connectivity index (χ1) is 15.8.